The maximum Gasteiger partial charge on any atom is 0.128 e. The molecule has 1 saturated carbocycles. The van der Waals surface area contributed by atoms with Crippen LogP contribution >= 0.6 is 11.3 Å². The minimum Gasteiger partial charge on any atom is -0.357 e. The summed E-state index contributed by atoms with van der Waals surface area (Å²) in [5.74, 6) is 0.997. The lowest BCUT2D eigenvalue weighted by Gasteiger charge is -2.34. The van der Waals surface area contributed by atoms with Gasteiger partial charge in [-0.25, -0.2) is 9.97 Å². The van der Waals surface area contributed by atoms with Crippen LogP contribution in [0, 0.1) is 16.7 Å². The van der Waals surface area contributed by atoms with Gasteiger partial charge in [-0.05, 0) is 43.9 Å². The Morgan fingerprint density at radius 1 is 1.38 bits per heavy atom. The number of thiazole rings is 1. The van der Waals surface area contributed by atoms with Crippen molar-refractivity contribution in [2.24, 2.45) is 5.41 Å². The zero-order valence-corrected chi connectivity index (χ0v) is 14.7. The van der Waals surface area contributed by atoms with Gasteiger partial charge in [0.2, 0.25) is 0 Å². The smallest absolute Gasteiger partial charge is 0.128 e. The van der Waals surface area contributed by atoms with E-state index in [4.69, 9.17) is 5.26 Å². The monoisotopic (exact) mass is 339 g/mol. The summed E-state index contributed by atoms with van der Waals surface area (Å²) in [4.78, 5) is 13.7. The van der Waals surface area contributed by atoms with E-state index >= 15 is 0 Å². The number of anilines is 1. The highest BCUT2D eigenvalue weighted by atomic mass is 32.1. The van der Waals surface area contributed by atoms with Crippen molar-refractivity contribution >= 4 is 17.2 Å². The van der Waals surface area contributed by atoms with E-state index in [0.717, 1.165) is 25.5 Å². The molecular formula is C18H21N5S. The van der Waals surface area contributed by atoms with Gasteiger partial charge in [-0.1, -0.05) is 0 Å². The highest BCUT2D eigenvalue weighted by Gasteiger charge is 2.56. The van der Waals surface area contributed by atoms with E-state index in [0.29, 0.717) is 17.0 Å². The Morgan fingerprint density at radius 3 is 2.83 bits per heavy atom. The van der Waals surface area contributed by atoms with Gasteiger partial charge in [-0.3, -0.25) is 4.90 Å². The summed E-state index contributed by atoms with van der Waals surface area (Å²) >= 11 is 1.74. The van der Waals surface area contributed by atoms with Crippen molar-refractivity contribution in [1.29, 1.82) is 5.26 Å². The van der Waals surface area contributed by atoms with Crippen molar-refractivity contribution in [3.05, 3.63) is 40.5 Å². The summed E-state index contributed by atoms with van der Waals surface area (Å²) in [6.07, 6.45) is 7.31. The summed E-state index contributed by atoms with van der Waals surface area (Å²) < 4.78 is 0. The van der Waals surface area contributed by atoms with Crippen LogP contribution in [0.3, 0.4) is 0 Å². The average Bonchev–Trinajstić information content (AvgIpc) is 3.07. The predicted molar refractivity (Wildman–Crippen MR) is 94.8 cm³/mol. The van der Waals surface area contributed by atoms with Gasteiger partial charge < -0.3 is 4.90 Å². The maximum absolute atomic E-state index is 8.88. The van der Waals surface area contributed by atoms with Crippen molar-refractivity contribution in [3.8, 4) is 6.07 Å². The molecule has 1 spiro atoms. The van der Waals surface area contributed by atoms with E-state index in [2.05, 4.69) is 38.3 Å². The van der Waals surface area contributed by atoms with Crippen LogP contribution in [0.2, 0.25) is 0 Å². The normalized spacial score (nSPS) is 21.9. The number of piperidine rings is 1. The number of hydrogen-bond donors (Lipinski definition) is 0. The molecule has 0 aromatic carbocycles. The molecule has 0 radical (unpaired) electrons. The molecule has 3 heterocycles. The number of aromatic nitrogens is 2. The van der Waals surface area contributed by atoms with Crippen LogP contribution in [0.4, 0.5) is 5.82 Å². The molecule has 5 nitrogen and oxygen atoms in total. The van der Waals surface area contributed by atoms with Gasteiger partial charge in [-0.2, -0.15) is 5.26 Å². The molecule has 0 N–H and O–H groups in total. The van der Waals surface area contributed by atoms with Crippen molar-refractivity contribution < 1.29 is 0 Å². The number of nitriles is 1. The molecular weight excluding hydrogens is 318 g/mol. The first kappa shape index (κ1) is 15.6. The van der Waals surface area contributed by atoms with Crippen LogP contribution in [0.1, 0.15) is 29.8 Å². The zero-order chi connectivity index (χ0) is 16.6. The van der Waals surface area contributed by atoms with Crippen LogP contribution in [0.15, 0.2) is 29.9 Å². The summed E-state index contributed by atoms with van der Waals surface area (Å²) in [5, 5.41) is 12.1. The fraction of sp³-hybridized carbons (Fsp3) is 0.500. The molecule has 2 aromatic heterocycles. The molecule has 6 heteroatoms. The van der Waals surface area contributed by atoms with E-state index in [1.807, 2.05) is 18.3 Å². The molecule has 1 unspecified atom stereocenters. The second-order valence-corrected chi connectivity index (χ2v) is 7.91. The van der Waals surface area contributed by atoms with Gasteiger partial charge >= 0.3 is 0 Å². The topological polar surface area (TPSA) is 56.1 Å². The molecule has 2 aromatic rings. The third-order valence-corrected chi connectivity index (χ3v) is 6.27. The van der Waals surface area contributed by atoms with Crippen LogP contribution in [-0.4, -0.2) is 41.0 Å². The van der Waals surface area contributed by atoms with Crippen molar-refractivity contribution in [1.82, 2.24) is 14.9 Å². The van der Waals surface area contributed by atoms with E-state index in [1.165, 1.54) is 24.3 Å². The second kappa shape index (κ2) is 6.15. The highest BCUT2D eigenvalue weighted by molar-refractivity contribution is 7.09. The van der Waals surface area contributed by atoms with Crippen molar-refractivity contribution in [2.75, 3.05) is 25.0 Å². The molecule has 4 rings (SSSR count). The van der Waals surface area contributed by atoms with Crippen LogP contribution in [0.5, 0.6) is 0 Å². The van der Waals surface area contributed by atoms with E-state index in [-0.39, 0.29) is 0 Å². The Morgan fingerprint density at radius 2 is 2.21 bits per heavy atom. The zero-order valence-electron chi connectivity index (χ0n) is 13.9. The molecule has 0 amide bonds. The van der Waals surface area contributed by atoms with E-state index in [1.54, 1.807) is 17.5 Å². The van der Waals surface area contributed by atoms with E-state index in [9.17, 15) is 0 Å². The quantitative estimate of drug-likeness (QED) is 0.857. The summed E-state index contributed by atoms with van der Waals surface area (Å²) in [6, 6.07) is 6.64. The Balaban J connectivity index is 1.34. The minimum atomic E-state index is 0.495. The molecule has 1 atom stereocenters. The predicted octanol–water partition coefficient (Wildman–Crippen LogP) is 2.90. The summed E-state index contributed by atoms with van der Waals surface area (Å²) in [5.41, 5.74) is 1.12. The number of hydrogen-bond acceptors (Lipinski definition) is 6. The Bertz CT molecular complexity index is 726. The Kier molecular flexibility index (Phi) is 3.99. The Labute approximate surface area is 146 Å². The highest BCUT2D eigenvalue weighted by Crippen LogP contribution is 2.56. The molecule has 2 aliphatic rings. The SMILES string of the molecule is CN(Cc1nccs1)C1CC12CCN(c1ccc(C#N)cn1)CC2. The standard InChI is InChI=1S/C18H21N5S/c1-22(13-17-20-6-9-24-17)15-10-18(15)4-7-23(8-5-18)16-3-2-14(11-19)12-21-16/h2-3,6,9,12,15H,4-5,7-8,10,13H2,1H3. The lowest BCUT2D eigenvalue weighted by atomic mass is 9.92. The van der Waals surface area contributed by atoms with Gasteiger partial charge in [0, 0.05) is 36.9 Å². The van der Waals surface area contributed by atoms with Gasteiger partial charge in [0.25, 0.3) is 0 Å². The summed E-state index contributed by atoms with van der Waals surface area (Å²) in [6.45, 7) is 3.08. The molecule has 1 aliphatic heterocycles. The van der Waals surface area contributed by atoms with Crippen molar-refractivity contribution in [2.45, 2.75) is 31.8 Å². The number of rotatable bonds is 4. The van der Waals surface area contributed by atoms with Gasteiger partial charge in [0.15, 0.2) is 0 Å². The average molecular weight is 339 g/mol. The van der Waals surface area contributed by atoms with Gasteiger partial charge in [0.05, 0.1) is 12.1 Å². The van der Waals surface area contributed by atoms with Crippen molar-refractivity contribution in [3.63, 3.8) is 0 Å². The van der Waals surface area contributed by atoms with Crippen LogP contribution in [-0.2, 0) is 6.54 Å². The summed E-state index contributed by atoms with van der Waals surface area (Å²) in [7, 11) is 2.23. The molecule has 2 fully saturated rings. The first-order valence-corrected chi connectivity index (χ1v) is 9.28. The number of pyridine rings is 1. The molecule has 1 aliphatic carbocycles. The minimum absolute atomic E-state index is 0.495. The molecule has 0 bridgehead atoms. The number of nitrogens with zero attached hydrogens (tertiary/aromatic N) is 5. The molecule has 124 valence electrons. The van der Waals surface area contributed by atoms with Gasteiger partial charge in [-0.15, -0.1) is 11.3 Å². The third kappa shape index (κ3) is 2.90. The fourth-order valence-corrected chi connectivity index (χ4v) is 4.64. The second-order valence-electron chi connectivity index (χ2n) is 6.93. The lowest BCUT2D eigenvalue weighted by molar-refractivity contribution is 0.238. The largest absolute Gasteiger partial charge is 0.357 e. The lowest BCUT2D eigenvalue weighted by Crippen LogP contribution is -2.38. The first-order valence-electron chi connectivity index (χ1n) is 8.40. The Hall–Kier alpha value is -1.97. The molecule has 1 saturated heterocycles. The van der Waals surface area contributed by atoms with Gasteiger partial charge in [0.1, 0.15) is 16.9 Å². The fourth-order valence-electron chi connectivity index (χ4n) is 3.96. The maximum atomic E-state index is 8.88. The first-order chi connectivity index (χ1) is 11.7. The van der Waals surface area contributed by atoms with Crippen LogP contribution in [0.25, 0.3) is 0 Å². The third-order valence-electron chi connectivity index (χ3n) is 5.51. The molecule has 24 heavy (non-hydrogen) atoms. The van der Waals surface area contributed by atoms with Crippen LogP contribution < -0.4 is 4.90 Å². The van der Waals surface area contributed by atoms with E-state index < -0.39 is 0 Å².